The third kappa shape index (κ3) is 2.41. The molecule has 0 spiro atoms. The van der Waals surface area contributed by atoms with Crippen LogP contribution in [-0.2, 0) is 6.42 Å². The molecule has 3 rings (SSSR count). The number of hydrogen-bond acceptors (Lipinski definition) is 2. The van der Waals surface area contributed by atoms with Crippen molar-refractivity contribution in [1.82, 2.24) is 14.5 Å². The number of rotatable bonds is 3. The summed E-state index contributed by atoms with van der Waals surface area (Å²) in [5.41, 5.74) is 6.50. The number of imidazole rings is 1. The van der Waals surface area contributed by atoms with Crippen LogP contribution in [0.5, 0.6) is 0 Å². The Morgan fingerprint density at radius 2 is 1.82 bits per heavy atom. The van der Waals surface area contributed by atoms with Crippen LogP contribution in [0.25, 0.3) is 16.9 Å². The molecular formula is C19H22N3. The number of benzene rings is 1. The highest BCUT2D eigenvalue weighted by Crippen LogP contribution is 2.25. The standard InChI is InChI=1S/C19H22N3/c1-6-17-21-18-13(4)11-14(5)20-19(18)22(17)16-9-7-15(8-10-16)12(2)3/h7-12H,2,6H2,1,3-5H3. The van der Waals surface area contributed by atoms with Crippen molar-refractivity contribution >= 4 is 11.2 Å². The van der Waals surface area contributed by atoms with Crippen molar-refractivity contribution in [3.05, 3.63) is 59.9 Å². The molecule has 113 valence electrons. The minimum Gasteiger partial charge on any atom is -0.281 e. The van der Waals surface area contributed by atoms with E-state index in [1.165, 1.54) is 11.1 Å². The van der Waals surface area contributed by atoms with E-state index in [1.54, 1.807) is 0 Å². The summed E-state index contributed by atoms with van der Waals surface area (Å²) < 4.78 is 2.17. The summed E-state index contributed by atoms with van der Waals surface area (Å²) in [4.78, 5) is 9.52. The van der Waals surface area contributed by atoms with Crippen molar-refractivity contribution in [2.24, 2.45) is 0 Å². The van der Waals surface area contributed by atoms with Gasteiger partial charge in [-0.2, -0.15) is 0 Å². The van der Waals surface area contributed by atoms with Crippen LogP contribution >= 0.6 is 0 Å². The predicted molar refractivity (Wildman–Crippen MR) is 91.5 cm³/mol. The van der Waals surface area contributed by atoms with Gasteiger partial charge in [0, 0.05) is 17.8 Å². The van der Waals surface area contributed by atoms with Crippen molar-refractivity contribution in [3.8, 4) is 5.69 Å². The Kier molecular flexibility index (Phi) is 3.73. The molecule has 0 N–H and O–H groups in total. The number of pyridine rings is 1. The molecule has 1 unspecified atom stereocenters. The van der Waals surface area contributed by atoms with Crippen LogP contribution in [0.4, 0.5) is 0 Å². The molecule has 3 nitrogen and oxygen atoms in total. The fraction of sp³-hybridized carbons (Fsp3) is 0.316. The normalized spacial score (nSPS) is 11.5. The Bertz CT molecular complexity index is 811. The van der Waals surface area contributed by atoms with E-state index >= 15 is 0 Å². The monoisotopic (exact) mass is 292 g/mol. The third-order valence-electron chi connectivity index (χ3n) is 4.04. The Hall–Kier alpha value is -2.16. The van der Waals surface area contributed by atoms with Crippen molar-refractivity contribution in [3.63, 3.8) is 0 Å². The zero-order valence-corrected chi connectivity index (χ0v) is 13.7. The second-order valence-electron chi connectivity index (χ2n) is 5.96. The molecule has 22 heavy (non-hydrogen) atoms. The zero-order valence-electron chi connectivity index (χ0n) is 13.7. The molecule has 1 atom stereocenters. The first-order valence-corrected chi connectivity index (χ1v) is 7.80. The van der Waals surface area contributed by atoms with E-state index in [-0.39, 0.29) is 0 Å². The summed E-state index contributed by atoms with van der Waals surface area (Å²) in [5.74, 6) is 1.34. The Labute approximate surface area is 132 Å². The van der Waals surface area contributed by atoms with Gasteiger partial charge in [0.1, 0.15) is 11.3 Å². The van der Waals surface area contributed by atoms with Crippen LogP contribution in [0.2, 0.25) is 0 Å². The van der Waals surface area contributed by atoms with E-state index in [4.69, 9.17) is 9.97 Å². The molecule has 0 aliphatic rings. The summed E-state index contributed by atoms with van der Waals surface area (Å²) in [5, 5.41) is 0. The second kappa shape index (κ2) is 5.56. The average Bonchev–Trinajstić information content (AvgIpc) is 2.86. The highest BCUT2D eigenvalue weighted by atomic mass is 15.1. The van der Waals surface area contributed by atoms with Crippen LogP contribution in [0, 0.1) is 20.8 Å². The lowest BCUT2D eigenvalue weighted by Gasteiger charge is -2.10. The topological polar surface area (TPSA) is 30.7 Å². The fourth-order valence-corrected chi connectivity index (χ4v) is 2.87. The molecule has 1 aromatic carbocycles. The van der Waals surface area contributed by atoms with Gasteiger partial charge in [-0.1, -0.05) is 26.0 Å². The lowest BCUT2D eigenvalue weighted by Crippen LogP contribution is -2.02. The lowest BCUT2D eigenvalue weighted by atomic mass is 10.0. The molecule has 0 saturated heterocycles. The molecule has 1 radical (unpaired) electrons. The molecule has 3 aromatic rings. The maximum Gasteiger partial charge on any atom is 0.165 e. The quantitative estimate of drug-likeness (QED) is 0.709. The molecule has 2 heterocycles. The highest BCUT2D eigenvalue weighted by molar-refractivity contribution is 5.78. The molecule has 0 saturated carbocycles. The van der Waals surface area contributed by atoms with E-state index < -0.39 is 0 Å². The van der Waals surface area contributed by atoms with Gasteiger partial charge >= 0.3 is 0 Å². The van der Waals surface area contributed by atoms with Gasteiger partial charge in [0.25, 0.3) is 0 Å². The maximum atomic E-state index is 4.79. The smallest absolute Gasteiger partial charge is 0.165 e. The Balaban J connectivity index is 2.24. The second-order valence-corrected chi connectivity index (χ2v) is 5.96. The van der Waals surface area contributed by atoms with Crippen molar-refractivity contribution in [1.29, 1.82) is 0 Å². The van der Waals surface area contributed by atoms with Gasteiger partial charge in [-0.3, -0.25) is 4.57 Å². The number of hydrogen-bond donors (Lipinski definition) is 0. The number of nitrogens with zero attached hydrogens (tertiary/aromatic N) is 3. The van der Waals surface area contributed by atoms with Gasteiger partial charge < -0.3 is 0 Å². The molecule has 0 aliphatic heterocycles. The van der Waals surface area contributed by atoms with E-state index in [9.17, 15) is 0 Å². The molecule has 0 fully saturated rings. The van der Waals surface area contributed by atoms with Gasteiger partial charge in [0.15, 0.2) is 5.65 Å². The van der Waals surface area contributed by atoms with Gasteiger partial charge in [0.05, 0.1) is 0 Å². The number of fused-ring (bicyclic) bond motifs is 1. The summed E-state index contributed by atoms with van der Waals surface area (Å²) in [6, 6.07) is 10.6. The molecule has 3 heteroatoms. The van der Waals surface area contributed by atoms with E-state index in [0.717, 1.165) is 34.8 Å². The number of aryl methyl sites for hydroxylation is 3. The van der Waals surface area contributed by atoms with E-state index in [0.29, 0.717) is 5.92 Å². The maximum absolute atomic E-state index is 4.79. The SMILES string of the molecule is [CH2]C(C)c1ccc(-n2c(CC)nc3c(C)cc(C)nc32)cc1. The first-order chi connectivity index (χ1) is 10.5. The molecular weight excluding hydrogens is 270 g/mol. The van der Waals surface area contributed by atoms with Gasteiger partial charge in [-0.05, 0) is 56.0 Å². The van der Waals surface area contributed by atoms with Crippen molar-refractivity contribution in [2.75, 3.05) is 0 Å². The fourth-order valence-electron chi connectivity index (χ4n) is 2.87. The summed E-state index contributed by atoms with van der Waals surface area (Å²) >= 11 is 0. The summed E-state index contributed by atoms with van der Waals surface area (Å²) in [6.07, 6.45) is 0.877. The largest absolute Gasteiger partial charge is 0.281 e. The Morgan fingerprint density at radius 3 is 2.41 bits per heavy atom. The van der Waals surface area contributed by atoms with E-state index in [1.807, 2.05) is 6.92 Å². The van der Waals surface area contributed by atoms with Gasteiger partial charge in [0.2, 0.25) is 0 Å². The van der Waals surface area contributed by atoms with Crippen LogP contribution < -0.4 is 0 Å². The van der Waals surface area contributed by atoms with Crippen molar-refractivity contribution < 1.29 is 0 Å². The van der Waals surface area contributed by atoms with Crippen molar-refractivity contribution in [2.45, 2.75) is 40.0 Å². The predicted octanol–water partition coefficient (Wildman–Crippen LogP) is 4.54. The van der Waals surface area contributed by atoms with Gasteiger partial charge in [-0.15, -0.1) is 0 Å². The minimum absolute atomic E-state index is 0.293. The average molecular weight is 292 g/mol. The van der Waals surface area contributed by atoms with Crippen LogP contribution in [-0.4, -0.2) is 14.5 Å². The first kappa shape index (κ1) is 14.8. The Morgan fingerprint density at radius 1 is 1.14 bits per heavy atom. The minimum atomic E-state index is 0.293. The van der Waals surface area contributed by atoms with Gasteiger partial charge in [-0.25, -0.2) is 9.97 Å². The van der Waals surface area contributed by atoms with Crippen LogP contribution in [0.15, 0.2) is 30.3 Å². The molecule has 2 aromatic heterocycles. The van der Waals surface area contributed by atoms with E-state index in [2.05, 4.69) is 62.6 Å². The summed E-state index contributed by atoms with van der Waals surface area (Å²) in [6.45, 7) is 12.4. The molecule has 0 aliphatic carbocycles. The highest BCUT2D eigenvalue weighted by Gasteiger charge is 2.14. The van der Waals surface area contributed by atoms with Crippen LogP contribution in [0.1, 0.15) is 42.4 Å². The van der Waals surface area contributed by atoms with Crippen LogP contribution in [0.3, 0.4) is 0 Å². The lowest BCUT2D eigenvalue weighted by molar-refractivity contribution is 0.896. The zero-order chi connectivity index (χ0) is 15.9. The first-order valence-electron chi connectivity index (χ1n) is 7.80. The molecule has 0 amide bonds. The molecule has 0 bridgehead atoms. The number of aromatic nitrogens is 3. The summed E-state index contributed by atoms with van der Waals surface area (Å²) in [7, 11) is 0. The third-order valence-corrected chi connectivity index (χ3v) is 4.04.